The van der Waals surface area contributed by atoms with Gasteiger partial charge in [-0.3, -0.25) is 4.90 Å². The van der Waals surface area contributed by atoms with Gasteiger partial charge in [0.15, 0.2) is 11.5 Å². The molecule has 7 heteroatoms. The van der Waals surface area contributed by atoms with E-state index in [1.807, 2.05) is 36.4 Å². The smallest absolute Gasteiger partial charge is 0.231 e. The first kappa shape index (κ1) is 19.3. The predicted molar refractivity (Wildman–Crippen MR) is 108 cm³/mol. The Bertz CT molecular complexity index is 972. The van der Waals surface area contributed by atoms with E-state index in [0.29, 0.717) is 11.7 Å². The molecule has 152 valence electrons. The molecule has 0 spiro atoms. The van der Waals surface area contributed by atoms with Gasteiger partial charge in [0.2, 0.25) is 11.7 Å². The largest absolute Gasteiger partial charge is 0.497 e. The van der Waals surface area contributed by atoms with Gasteiger partial charge in [-0.2, -0.15) is 4.98 Å². The number of benzene rings is 2. The molecule has 1 unspecified atom stereocenters. The van der Waals surface area contributed by atoms with Crippen LogP contribution in [0.5, 0.6) is 17.2 Å². The van der Waals surface area contributed by atoms with Gasteiger partial charge in [-0.1, -0.05) is 29.4 Å². The molecule has 0 amide bonds. The van der Waals surface area contributed by atoms with Crippen LogP contribution >= 0.6 is 0 Å². The Labute approximate surface area is 170 Å². The molecule has 2 aromatic carbocycles. The summed E-state index contributed by atoms with van der Waals surface area (Å²) in [4.78, 5) is 7.01. The average Bonchev–Trinajstić information content (AvgIpc) is 3.43. The quantitative estimate of drug-likeness (QED) is 0.603. The Morgan fingerprint density at radius 1 is 1.07 bits per heavy atom. The monoisotopic (exact) mass is 395 g/mol. The third-order valence-electron chi connectivity index (χ3n) is 5.27. The van der Waals surface area contributed by atoms with Gasteiger partial charge in [0.25, 0.3) is 0 Å². The second kappa shape index (κ2) is 8.53. The maximum atomic E-state index is 5.58. The van der Waals surface area contributed by atoms with E-state index >= 15 is 0 Å². The molecule has 1 atom stereocenters. The molecular formula is C22H25N3O4. The zero-order chi connectivity index (χ0) is 20.2. The molecule has 0 radical (unpaired) electrons. The lowest BCUT2D eigenvalue weighted by atomic mass is 10.1. The number of hydrogen-bond acceptors (Lipinski definition) is 7. The summed E-state index contributed by atoms with van der Waals surface area (Å²) >= 11 is 0. The average molecular weight is 395 g/mol. The summed E-state index contributed by atoms with van der Waals surface area (Å²) < 4.78 is 21.8. The minimum atomic E-state index is 0.221. The SMILES string of the molecule is COc1cccc(-c2noc(C3CCN(Cc4cccc(OC)c4OC)C3)n2)c1. The number of likely N-dealkylation sites (tertiary alicyclic amines) is 1. The van der Waals surface area contributed by atoms with E-state index < -0.39 is 0 Å². The van der Waals surface area contributed by atoms with Gasteiger partial charge >= 0.3 is 0 Å². The van der Waals surface area contributed by atoms with Crippen LogP contribution < -0.4 is 14.2 Å². The van der Waals surface area contributed by atoms with Crippen LogP contribution in [0.2, 0.25) is 0 Å². The molecule has 0 N–H and O–H groups in total. The van der Waals surface area contributed by atoms with Gasteiger partial charge in [-0.15, -0.1) is 0 Å². The molecule has 2 heterocycles. The lowest BCUT2D eigenvalue weighted by molar-refractivity contribution is 0.298. The highest BCUT2D eigenvalue weighted by Gasteiger charge is 2.29. The van der Waals surface area contributed by atoms with Crippen molar-refractivity contribution in [3.8, 4) is 28.6 Å². The van der Waals surface area contributed by atoms with Crippen molar-refractivity contribution in [1.82, 2.24) is 15.0 Å². The van der Waals surface area contributed by atoms with E-state index in [9.17, 15) is 0 Å². The number of rotatable bonds is 7. The molecular weight excluding hydrogens is 370 g/mol. The van der Waals surface area contributed by atoms with Crippen molar-refractivity contribution in [1.29, 1.82) is 0 Å². The van der Waals surface area contributed by atoms with Gasteiger partial charge in [0.1, 0.15) is 5.75 Å². The molecule has 7 nitrogen and oxygen atoms in total. The van der Waals surface area contributed by atoms with E-state index in [1.165, 1.54) is 0 Å². The zero-order valence-corrected chi connectivity index (χ0v) is 16.9. The summed E-state index contributed by atoms with van der Waals surface area (Å²) in [5.74, 6) is 3.80. The summed E-state index contributed by atoms with van der Waals surface area (Å²) in [6.07, 6.45) is 0.978. The lowest BCUT2D eigenvalue weighted by Crippen LogP contribution is -2.20. The highest BCUT2D eigenvalue weighted by Crippen LogP contribution is 2.34. The fourth-order valence-corrected chi connectivity index (χ4v) is 3.78. The van der Waals surface area contributed by atoms with Crippen LogP contribution in [0.15, 0.2) is 47.0 Å². The molecule has 1 fully saturated rings. The van der Waals surface area contributed by atoms with Crippen molar-refractivity contribution in [2.24, 2.45) is 0 Å². The summed E-state index contributed by atoms with van der Waals surface area (Å²) in [6.45, 7) is 2.61. The number of hydrogen-bond donors (Lipinski definition) is 0. The summed E-state index contributed by atoms with van der Waals surface area (Å²) in [6, 6.07) is 13.6. The molecule has 3 aromatic rings. The van der Waals surface area contributed by atoms with Crippen LogP contribution in [0.3, 0.4) is 0 Å². The highest BCUT2D eigenvalue weighted by atomic mass is 16.5. The Morgan fingerprint density at radius 3 is 2.72 bits per heavy atom. The van der Waals surface area contributed by atoms with E-state index in [4.69, 9.17) is 18.7 Å². The molecule has 29 heavy (non-hydrogen) atoms. The number of aromatic nitrogens is 2. The lowest BCUT2D eigenvalue weighted by Gasteiger charge is -2.18. The summed E-state index contributed by atoms with van der Waals surface area (Å²) in [7, 11) is 4.97. The van der Waals surface area contributed by atoms with E-state index in [2.05, 4.69) is 21.1 Å². The summed E-state index contributed by atoms with van der Waals surface area (Å²) in [5.41, 5.74) is 1.99. The molecule has 0 aliphatic carbocycles. The first-order valence-electron chi connectivity index (χ1n) is 9.62. The minimum Gasteiger partial charge on any atom is -0.497 e. The molecule has 0 saturated carbocycles. The second-order valence-corrected chi connectivity index (χ2v) is 7.06. The molecule has 1 aliphatic rings. The van der Waals surface area contributed by atoms with Crippen LogP contribution in [-0.2, 0) is 6.54 Å². The minimum absolute atomic E-state index is 0.221. The molecule has 4 rings (SSSR count). The van der Waals surface area contributed by atoms with Gasteiger partial charge in [-0.05, 0) is 31.2 Å². The Hall–Kier alpha value is -3.06. The van der Waals surface area contributed by atoms with Gasteiger partial charge < -0.3 is 18.7 Å². The maximum Gasteiger partial charge on any atom is 0.231 e. The molecule has 1 aromatic heterocycles. The first-order chi connectivity index (χ1) is 14.2. The third kappa shape index (κ3) is 4.05. The maximum absolute atomic E-state index is 5.58. The van der Waals surface area contributed by atoms with Crippen molar-refractivity contribution in [3.63, 3.8) is 0 Å². The van der Waals surface area contributed by atoms with E-state index in [1.54, 1.807) is 21.3 Å². The fourth-order valence-electron chi connectivity index (χ4n) is 3.78. The Balaban J connectivity index is 1.45. The van der Waals surface area contributed by atoms with Crippen LogP contribution in [0, 0.1) is 0 Å². The van der Waals surface area contributed by atoms with Crippen LogP contribution in [0.25, 0.3) is 11.4 Å². The van der Waals surface area contributed by atoms with Crippen molar-refractivity contribution >= 4 is 0 Å². The van der Waals surface area contributed by atoms with Crippen LogP contribution in [-0.4, -0.2) is 49.5 Å². The Morgan fingerprint density at radius 2 is 1.93 bits per heavy atom. The fraction of sp³-hybridized carbons (Fsp3) is 0.364. The van der Waals surface area contributed by atoms with E-state index in [0.717, 1.165) is 54.4 Å². The third-order valence-corrected chi connectivity index (χ3v) is 5.27. The number of ether oxygens (including phenoxy) is 3. The van der Waals surface area contributed by atoms with Crippen molar-refractivity contribution < 1.29 is 18.7 Å². The Kier molecular flexibility index (Phi) is 5.67. The number of nitrogens with zero attached hydrogens (tertiary/aromatic N) is 3. The normalized spacial score (nSPS) is 16.7. The van der Waals surface area contributed by atoms with Gasteiger partial charge in [-0.25, -0.2) is 0 Å². The molecule has 1 saturated heterocycles. The van der Waals surface area contributed by atoms with Crippen molar-refractivity contribution in [3.05, 3.63) is 53.9 Å². The number of para-hydroxylation sites is 1. The standard InChI is InChI=1S/C22H25N3O4/c1-26-18-8-4-6-15(12-18)21-23-22(29-24-21)17-10-11-25(14-17)13-16-7-5-9-19(27-2)20(16)28-3/h4-9,12,17H,10-11,13-14H2,1-3H3. The van der Waals surface area contributed by atoms with Gasteiger partial charge in [0.05, 0.1) is 27.2 Å². The second-order valence-electron chi connectivity index (χ2n) is 7.06. The van der Waals surface area contributed by atoms with E-state index in [-0.39, 0.29) is 5.92 Å². The van der Waals surface area contributed by atoms with Crippen LogP contribution in [0.4, 0.5) is 0 Å². The topological polar surface area (TPSA) is 69.9 Å². The zero-order valence-electron chi connectivity index (χ0n) is 16.9. The van der Waals surface area contributed by atoms with Crippen LogP contribution in [0.1, 0.15) is 23.8 Å². The van der Waals surface area contributed by atoms with Crippen molar-refractivity contribution in [2.45, 2.75) is 18.9 Å². The summed E-state index contributed by atoms with van der Waals surface area (Å²) in [5, 5.41) is 4.17. The first-order valence-corrected chi connectivity index (χ1v) is 9.62. The number of methoxy groups -OCH3 is 3. The highest BCUT2D eigenvalue weighted by molar-refractivity contribution is 5.56. The van der Waals surface area contributed by atoms with Crippen molar-refractivity contribution in [2.75, 3.05) is 34.4 Å². The molecule has 1 aliphatic heterocycles. The van der Waals surface area contributed by atoms with Gasteiger partial charge in [0, 0.05) is 24.2 Å². The molecule has 0 bridgehead atoms. The predicted octanol–water partition coefficient (Wildman–Crippen LogP) is 3.75.